The highest BCUT2D eigenvalue weighted by molar-refractivity contribution is 14.0. The van der Waals surface area contributed by atoms with Crippen LogP contribution in [0.15, 0.2) is 41.7 Å². The van der Waals surface area contributed by atoms with Crippen molar-refractivity contribution in [2.24, 2.45) is 18.0 Å². The van der Waals surface area contributed by atoms with Gasteiger partial charge in [-0.3, -0.25) is 4.68 Å². The van der Waals surface area contributed by atoms with Crippen molar-refractivity contribution in [1.82, 2.24) is 20.0 Å². The van der Waals surface area contributed by atoms with E-state index in [0.717, 1.165) is 37.8 Å². The van der Waals surface area contributed by atoms with Crippen molar-refractivity contribution in [2.75, 3.05) is 32.8 Å². The Morgan fingerprint density at radius 3 is 2.83 bits per heavy atom. The fourth-order valence-corrected chi connectivity index (χ4v) is 3.92. The second kappa shape index (κ2) is 12.2. The SMILES string of the molecule is CCNC(=NCCOc1ccccc1C(C)C)N1CCC(Cc2cnn(C)c2)C1.I. The molecule has 1 fully saturated rings. The number of benzene rings is 1. The summed E-state index contributed by atoms with van der Waals surface area (Å²) >= 11 is 0. The van der Waals surface area contributed by atoms with Crippen LogP contribution in [0.4, 0.5) is 0 Å². The molecule has 2 heterocycles. The molecule has 0 bridgehead atoms. The topological polar surface area (TPSA) is 54.7 Å². The van der Waals surface area contributed by atoms with Crippen LogP contribution in [0, 0.1) is 5.92 Å². The fraction of sp³-hybridized carbons (Fsp3) is 0.565. The predicted molar refractivity (Wildman–Crippen MR) is 134 cm³/mol. The fourth-order valence-electron chi connectivity index (χ4n) is 3.92. The van der Waals surface area contributed by atoms with Crippen molar-refractivity contribution >= 4 is 29.9 Å². The Morgan fingerprint density at radius 2 is 2.13 bits per heavy atom. The first-order valence-electron chi connectivity index (χ1n) is 10.8. The van der Waals surface area contributed by atoms with E-state index in [9.17, 15) is 0 Å². The van der Waals surface area contributed by atoms with Crippen LogP contribution in [-0.4, -0.2) is 53.4 Å². The molecule has 1 aliphatic heterocycles. The molecule has 0 saturated carbocycles. The number of nitrogens with one attached hydrogen (secondary N) is 1. The van der Waals surface area contributed by atoms with Crippen LogP contribution in [0.2, 0.25) is 0 Å². The highest BCUT2D eigenvalue weighted by atomic mass is 127. The number of aliphatic imine (C=N–C) groups is 1. The van der Waals surface area contributed by atoms with Crippen LogP contribution in [0.1, 0.15) is 44.2 Å². The van der Waals surface area contributed by atoms with Gasteiger partial charge in [-0.05, 0) is 48.8 Å². The lowest BCUT2D eigenvalue weighted by atomic mass is 10.0. The molecular weight excluding hydrogens is 489 g/mol. The maximum Gasteiger partial charge on any atom is 0.194 e. The van der Waals surface area contributed by atoms with Gasteiger partial charge in [0, 0.05) is 32.9 Å². The summed E-state index contributed by atoms with van der Waals surface area (Å²) in [6.07, 6.45) is 6.37. The molecule has 7 heteroatoms. The normalized spacial score (nSPS) is 16.6. The van der Waals surface area contributed by atoms with E-state index < -0.39 is 0 Å². The summed E-state index contributed by atoms with van der Waals surface area (Å²) in [5.41, 5.74) is 2.57. The first-order chi connectivity index (χ1) is 14.1. The Labute approximate surface area is 198 Å². The third kappa shape index (κ3) is 6.89. The minimum atomic E-state index is 0. The van der Waals surface area contributed by atoms with Crippen LogP contribution >= 0.6 is 24.0 Å². The Hall–Kier alpha value is -1.77. The van der Waals surface area contributed by atoms with E-state index in [4.69, 9.17) is 9.73 Å². The third-order valence-electron chi connectivity index (χ3n) is 5.35. The molecular formula is C23H36IN5O. The van der Waals surface area contributed by atoms with Gasteiger partial charge in [-0.25, -0.2) is 4.99 Å². The number of aromatic nitrogens is 2. The molecule has 2 aromatic rings. The van der Waals surface area contributed by atoms with Crippen molar-refractivity contribution in [1.29, 1.82) is 0 Å². The average Bonchev–Trinajstić information content (AvgIpc) is 3.33. The van der Waals surface area contributed by atoms with E-state index in [-0.39, 0.29) is 24.0 Å². The van der Waals surface area contributed by atoms with E-state index >= 15 is 0 Å². The first-order valence-corrected chi connectivity index (χ1v) is 10.8. The molecule has 30 heavy (non-hydrogen) atoms. The number of ether oxygens (including phenoxy) is 1. The molecule has 1 aromatic carbocycles. The van der Waals surface area contributed by atoms with Crippen LogP contribution in [0.5, 0.6) is 5.75 Å². The number of guanidine groups is 1. The number of rotatable bonds is 8. The van der Waals surface area contributed by atoms with E-state index in [2.05, 4.69) is 54.4 Å². The van der Waals surface area contributed by atoms with Gasteiger partial charge in [0.25, 0.3) is 0 Å². The largest absolute Gasteiger partial charge is 0.491 e. The molecule has 0 amide bonds. The minimum Gasteiger partial charge on any atom is -0.491 e. The Morgan fingerprint density at radius 1 is 1.33 bits per heavy atom. The van der Waals surface area contributed by atoms with Gasteiger partial charge in [0.1, 0.15) is 12.4 Å². The smallest absolute Gasteiger partial charge is 0.194 e. The van der Waals surface area contributed by atoms with Gasteiger partial charge in [-0.1, -0.05) is 32.0 Å². The number of hydrogen-bond acceptors (Lipinski definition) is 3. The van der Waals surface area contributed by atoms with Gasteiger partial charge >= 0.3 is 0 Å². The number of nitrogens with zero attached hydrogens (tertiary/aromatic N) is 4. The Kier molecular flexibility index (Phi) is 9.94. The Balaban J connectivity index is 0.00000320. The zero-order chi connectivity index (χ0) is 20.6. The molecule has 0 radical (unpaired) electrons. The molecule has 1 unspecified atom stereocenters. The van der Waals surface area contributed by atoms with E-state index in [1.165, 1.54) is 17.5 Å². The summed E-state index contributed by atoms with van der Waals surface area (Å²) in [4.78, 5) is 7.20. The second-order valence-electron chi connectivity index (χ2n) is 8.10. The highest BCUT2D eigenvalue weighted by Gasteiger charge is 2.25. The zero-order valence-corrected chi connectivity index (χ0v) is 21.0. The quantitative estimate of drug-likeness (QED) is 0.245. The number of para-hydroxylation sites is 1. The summed E-state index contributed by atoms with van der Waals surface area (Å²) in [5, 5.41) is 7.73. The van der Waals surface area contributed by atoms with Crippen molar-refractivity contribution in [3.05, 3.63) is 47.8 Å². The molecule has 1 atom stereocenters. The monoisotopic (exact) mass is 525 g/mol. The van der Waals surface area contributed by atoms with Gasteiger partial charge in [0.2, 0.25) is 0 Å². The summed E-state index contributed by atoms with van der Waals surface area (Å²) in [5.74, 6) is 3.08. The summed E-state index contributed by atoms with van der Waals surface area (Å²) < 4.78 is 7.91. The second-order valence-corrected chi connectivity index (χ2v) is 8.10. The summed E-state index contributed by atoms with van der Waals surface area (Å²) in [6, 6.07) is 8.29. The summed E-state index contributed by atoms with van der Waals surface area (Å²) in [6.45, 7) is 10.7. The zero-order valence-electron chi connectivity index (χ0n) is 18.7. The van der Waals surface area contributed by atoms with Gasteiger partial charge in [-0.15, -0.1) is 24.0 Å². The standard InChI is InChI=1S/C23H35N5O.HI/c1-5-24-23(25-11-13-29-22-9-7-6-8-21(22)18(2)3)28-12-10-19(17-28)14-20-15-26-27(4)16-20;/h6-9,15-16,18-19H,5,10-14,17H2,1-4H3,(H,24,25);1H. The van der Waals surface area contributed by atoms with E-state index in [0.29, 0.717) is 25.0 Å². The van der Waals surface area contributed by atoms with Crippen molar-refractivity contribution in [3.63, 3.8) is 0 Å². The van der Waals surface area contributed by atoms with Crippen LogP contribution < -0.4 is 10.1 Å². The van der Waals surface area contributed by atoms with Crippen molar-refractivity contribution < 1.29 is 4.74 Å². The van der Waals surface area contributed by atoms with E-state index in [1.54, 1.807) is 0 Å². The average molecular weight is 525 g/mol. The van der Waals surface area contributed by atoms with Gasteiger partial charge < -0.3 is 15.0 Å². The molecule has 166 valence electrons. The van der Waals surface area contributed by atoms with E-state index in [1.807, 2.05) is 30.1 Å². The van der Waals surface area contributed by atoms with Crippen LogP contribution in [0.25, 0.3) is 0 Å². The van der Waals surface area contributed by atoms with Gasteiger partial charge in [-0.2, -0.15) is 5.10 Å². The Bertz CT molecular complexity index is 804. The predicted octanol–water partition coefficient (Wildman–Crippen LogP) is 4.07. The molecule has 1 aliphatic rings. The number of likely N-dealkylation sites (tertiary alicyclic amines) is 1. The number of hydrogen-bond donors (Lipinski definition) is 1. The molecule has 0 spiro atoms. The maximum absolute atomic E-state index is 6.03. The molecule has 1 N–H and O–H groups in total. The lowest BCUT2D eigenvalue weighted by Gasteiger charge is -2.22. The minimum absolute atomic E-state index is 0. The molecule has 6 nitrogen and oxygen atoms in total. The first kappa shape index (κ1) is 24.5. The van der Waals surface area contributed by atoms with Crippen LogP contribution in [-0.2, 0) is 13.5 Å². The highest BCUT2D eigenvalue weighted by Crippen LogP contribution is 2.25. The maximum atomic E-state index is 6.03. The molecule has 0 aliphatic carbocycles. The van der Waals surface area contributed by atoms with Gasteiger partial charge in [0.15, 0.2) is 5.96 Å². The molecule has 1 aromatic heterocycles. The number of aryl methyl sites for hydroxylation is 1. The van der Waals surface area contributed by atoms with Crippen molar-refractivity contribution in [3.8, 4) is 5.75 Å². The molecule has 1 saturated heterocycles. The third-order valence-corrected chi connectivity index (χ3v) is 5.35. The number of halogens is 1. The van der Waals surface area contributed by atoms with Crippen LogP contribution in [0.3, 0.4) is 0 Å². The summed E-state index contributed by atoms with van der Waals surface area (Å²) in [7, 11) is 1.97. The molecule has 3 rings (SSSR count). The lowest BCUT2D eigenvalue weighted by molar-refractivity contribution is 0.322. The van der Waals surface area contributed by atoms with Crippen molar-refractivity contribution in [2.45, 2.75) is 39.5 Å². The lowest BCUT2D eigenvalue weighted by Crippen LogP contribution is -2.40. The van der Waals surface area contributed by atoms with Gasteiger partial charge in [0.05, 0.1) is 12.7 Å².